The predicted octanol–water partition coefficient (Wildman–Crippen LogP) is 1.83. The molecule has 5 heteroatoms. The van der Waals surface area contributed by atoms with Gasteiger partial charge < -0.3 is 5.32 Å². The van der Waals surface area contributed by atoms with Crippen molar-refractivity contribution in [1.29, 1.82) is 0 Å². The third-order valence-corrected chi connectivity index (χ3v) is 2.70. The van der Waals surface area contributed by atoms with E-state index in [4.69, 9.17) is 0 Å². The fourth-order valence-electron chi connectivity index (χ4n) is 1.43. The van der Waals surface area contributed by atoms with Gasteiger partial charge in [0.1, 0.15) is 0 Å². The molecule has 1 N–H and O–H groups in total. The third kappa shape index (κ3) is 3.43. The highest BCUT2D eigenvalue weighted by Crippen LogP contribution is 2.11. The first-order valence-corrected chi connectivity index (χ1v) is 5.93. The van der Waals surface area contributed by atoms with E-state index in [2.05, 4.69) is 43.7 Å². The van der Waals surface area contributed by atoms with Crippen LogP contribution in [-0.4, -0.2) is 21.5 Å². The Hall–Kier alpha value is -1.20. The molecule has 0 spiro atoms. The number of nitrogens with zero attached hydrogens (tertiary/aromatic N) is 3. The highest BCUT2D eigenvalue weighted by atomic mass is 79.9. The van der Waals surface area contributed by atoms with Crippen molar-refractivity contribution in [2.24, 2.45) is 0 Å². The zero-order valence-electron chi connectivity index (χ0n) is 8.81. The van der Waals surface area contributed by atoms with Gasteiger partial charge in [-0.05, 0) is 17.7 Å². The summed E-state index contributed by atoms with van der Waals surface area (Å²) in [6.45, 7) is 2.60. The van der Waals surface area contributed by atoms with Crippen molar-refractivity contribution in [2.75, 3.05) is 6.54 Å². The Bertz CT molecular complexity index is 427. The molecule has 0 atom stereocenters. The van der Waals surface area contributed by atoms with E-state index in [9.17, 15) is 0 Å². The van der Waals surface area contributed by atoms with Crippen LogP contribution in [0.25, 0.3) is 0 Å². The molecule has 1 aromatic carbocycles. The summed E-state index contributed by atoms with van der Waals surface area (Å²) in [4.78, 5) is 0. The molecule has 0 bridgehead atoms. The van der Waals surface area contributed by atoms with Crippen molar-refractivity contribution in [3.63, 3.8) is 0 Å². The minimum Gasteiger partial charge on any atom is -0.311 e. The van der Waals surface area contributed by atoms with Gasteiger partial charge in [-0.1, -0.05) is 33.3 Å². The van der Waals surface area contributed by atoms with Crippen LogP contribution in [0, 0.1) is 0 Å². The van der Waals surface area contributed by atoms with Gasteiger partial charge >= 0.3 is 0 Å². The molecule has 0 radical (unpaired) electrons. The Morgan fingerprint density at radius 1 is 1.38 bits per heavy atom. The van der Waals surface area contributed by atoms with Crippen LogP contribution in [0.1, 0.15) is 5.56 Å². The SMILES string of the molecule is Brc1cccc(CNCCn2ccnn2)c1. The Balaban J connectivity index is 1.72. The minimum absolute atomic E-state index is 0.841. The summed E-state index contributed by atoms with van der Waals surface area (Å²) < 4.78 is 2.93. The van der Waals surface area contributed by atoms with Crippen LogP contribution in [0.3, 0.4) is 0 Å². The van der Waals surface area contributed by atoms with Gasteiger partial charge in [-0.25, -0.2) is 0 Å². The van der Waals surface area contributed by atoms with Crippen LogP contribution in [0.4, 0.5) is 0 Å². The van der Waals surface area contributed by atoms with E-state index in [-0.39, 0.29) is 0 Å². The molecule has 2 rings (SSSR count). The number of halogens is 1. The second kappa shape index (κ2) is 5.77. The lowest BCUT2D eigenvalue weighted by atomic mass is 10.2. The number of rotatable bonds is 5. The van der Waals surface area contributed by atoms with Crippen molar-refractivity contribution in [3.05, 3.63) is 46.7 Å². The highest BCUT2D eigenvalue weighted by molar-refractivity contribution is 9.10. The Labute approximate surface area is 103 Å². The van der Waals surface area contributed by atoms with Crippen LogP contribution in [0.5, 0.6) is 0 Å². The molecule has 1 heterocycles. The van der Waals surface area contributed by atoms with E-state index in [1.807, 2.05) is 23.0 Å². The zero-order valence-corrected chi connectivity index (χ0v) is 10.4. The van der Waals surface area contributed by atoms with E-state index in [1.165, 1.54) is 5.56 Å². The standard InChI is InChI=1S/C11H13BrN4/c12-11-3-1-2-10(8-11)9-13-4-6-16-7-5-14-15-16/h1-3,5,7-8,13H,4,6,9H2. The van der Waals surface area contributed by atoms with Crippen molar-refractivity contribution >= 4 is 15.9 Å². The molecule has 0 saturated carbocycles. The molecular weight excluding hydrogens is 268 g/mol. The van der Waals surface area contributed by atoms with Crippen LogP contribution < -0.4 is 5.32 Å². The fourth-order valence-corrected chi connectivity index (χ4v) is 1.87. The second-order valence-electron chi connectivity index (χ2n) is 3.47. The molecule has 84 valence electrons. The summed E-state index contributed by atoms with van der Waals surface area (Å²) in [5, 5.41) is 11.0. The molecule has 1 aromatic heterocycles. The average molecular weight is 281 g/mol. The van der Waals surface area contributed by atoms with Gasteiger partial charge in [-0.3, -0.25) is 4.68 Å². The largest absolute Gasteiger partial charge is 0.311 e. The highest BCUT2D eigenvalue weighted by Gasteiger charge is 1.94. The molecule has 2 aromatic rings. The van der Waals surface area contributed by atoms with Gasteiger partial charge in [-0.15, -0.1) is 5.10 Å². The Morgan fingerprint density at radius 3 is 3.06 bits per heavy atom. The quantitative estimate of drug-likeness (QED) is 0.850. The normalized spacial score (nSPS) is 10.6. The van der Waals surface area contributed by atoms with Gasteiger partial charge in [-0.2, -0.15) is 0 Å². The fraction of sp³-hybridized carbons (Fsp3) is 0.273. The molecular formula is C11H13BrN4. The molecule has 0 fully saturated rings. The topological polar surface area (TPSA) is 42.7 Å². The molecule has 0 amide bonds. The average Bonchev–Trinajstić information content (AvgIpc) is 2.77. The van der Waals surface area contributed by atoms with Crippen LogP contribution in [0.15, 0.2) is 41.1 Å². The van der Waals surface area contributed by atoms with Gasteiger partial charge in [0.15, 0.2) is 0 Å². The van der Waals surface area contributed by atoms with Crippen molar-refractivity contribution in [1.82, 2.24) is 20.3 Å². The predicted molar refractivity (Wildman–Crippen MR) is 65.9 cm³/mol. The molecule has 0 aliphatic rings. The van der Waals surface area contributed by atoms with Crippen LogP contribution in [0.2, 0.25) is 0 Å². The third-order valence-electron chi connectivity index (χ3n) is 2.21. The first kappa shape index (κ1) is 11.3. The van der Waals surface area contributed by atoms with Gasteiger partial charge in [0.25, 0.3) is 0 Å². The van der Waals surface area contributed by atoms with Gasteiger partial charge in [0.05, 0.1) is 12.7 Å². The number of hydrogen-bond acceptors (Lipinski definition) is 3. The van der Waals surface area contributed by atoms with Crippen LogP contribution in [-0.2, 0) is 13.1 Å². The minimum atomic E-state index is 0.841. The summed E-state index contributed by atoms with van der Waals surface area (Å²) in [7, 11) is 0. The van der Waals surface area contributed by atoms with Crippen molar-refractivity contribution < 1.29 is 0 Å². The van der Waals surface area contributed by atoms with E-state index in [1.54, 1.807) is 6.20 Å². The summed E-state index contributed by atoms with van der Waals surface area (Å²) >= 11 is 3.45. The van der Waals surface area contributed by atoms with Crippen molar-refractivity contribution in [3.8, 4) is 0 Å². The van der Waals surface area contributed by atoms with Crippen LogP contribution >= 0.6 is 15.9 Å². The maximum absolute atomic E-state index is 3.89. The molecule has 0 aliphatic carbocycles. The van der Waals surface area contributed by atoms with Gasteiger partial charge in [0, 0.05) is 23.8 Å². The maximum atomic E-state index is 3.89. The van der Waals surface area contributed by atoms with E-state index < -0.39 is 0 Å². The lowest BCUT2D eigenvalue weighted by Crippen LogP contribution is -2.19. The second-order valence-corrected chi connectivity index (χ2v) is 4.39. The summed E-state index contributed by atoms with van der Waals surface area (Å²) in [6, 6.07) is 8.28. The summed E-state index contributed by atoms with van der Waals surface area (Å²) in [6.07, 6.45) is 3.55. The van der Waals surface area contributed by atoms with E-state index in [0.717, 1.165) is 24.1 Å². The lowest BCUT2D eigenvalue weighted by molar-refractivity contribution is 0.540. The van der Waals surface area contributed by atoms with Crippen molar-refractivity contribution in [2.45, 2.75) is 13.1 Å². The lowest BCUT2D eigenvalue weighted by Gasteiger charge is -2.05. The van der Waals surface area contributed by atoms with Gasteiger partial charge in [0.2, 0.25) is 0 Å². The Kier molecular flexibility index (Phi) is 4.07. The first-order chi connectivity index (χ1) is 7.84. The Morgan fingerprint density at radius 2 is 2.31 bits per heavy atom. The van der Waals surface area contributed by atoms with E-state index >= 15 is 0 Å². The summed E-state index contributed by atoms with van der Waals surface area (Å²) in [5.41, 5.74) is 1.27. The molecule has 4 nitrogen and oxygen atoms in total. The molecule has 0 unspecified atom stereocenters. The zero-order chi connectivity index (χ0) is 11.2. The van der Waals surface area contributed by atoms with E-state index in [0.29, 0.717) is 0 Å². The molecule has 16 heavy (non-hydrogen) atoms. The first-order valence-electron chi connectivity index (χ1n) is 5.14. The summed E-state index contributed by atoms with van der Waals surface area (Å²) in [5.74, 6) is 0. The smallest absolute Gasteiger partial charge is 0.0692 e. The number of hydrogen-bond donors (Lipinski definition) is 1. The number of aromatic nitrogens is 3. The number of benzene rings is 1. The monoisotopic (exact) mass is 280 g/mol. The molecule has 0 aliphatic heterocycles. The molecule has 0 saturated heterocycles. The maximum Gasteiger partial charge on any atom is 0.0692 e. The number of nitrogens with one attached hydrogen (secondary N) is 1.